The quantitative estimate of drug-likeness (QED) is 0.741. The van der Waals surface area contributed by atoms with E-state index in [-0.39, 0.29) is 0 Å². The fourth-order valence-electron chi connectivity index (χ4n) is 0.973. The fourth-order valence-corrected chi connectivity index (χ4v) is 2.75. The van der Waals surface area contributed by atoms with Crippen LogP contribution in [0.4, 0.5) is 5.69 Å². The van der Waals surface area contributed by atoms with Gasteiger partial charge in [-0.15, -0.1) is 11.3 Å². The summed E-state index contributed by atoms with van der Waals surface area (Å²) in [4.78, 5) is 4.11. The molecule has 0 radical (unpaired) electrons. The summed E-state index contributed by atoms with van der Waals surface area (Å²) >= 11 is 10.7. The van der Waals surface area contributed by atoms with Crippen LogP contribution in [0.15, 0.2) is 16.0 Å². The van der Waals surface area contributed by atoms with Gasteiger partial charge in [-0.3, -0.25) is 0 Å². The molecule has 12 heavy (non-hydrogen) atoms. The Bertz CT molecular complexity index is 440. The number of nitrogens with two attached hydrogens (primary N) is 1. The molecule has 2 rings (SSSR count). The molecule has 5 heteroatoms. The number of aromatic nitrogens is 1. The summed E-state index contributed by atoms with van der Waals surface area (Å²) in [5.74, 6) is 0. The van der Waals surface area contributed by atoms with Gasteiger partial charge in [-0.1, -0.05) is 11.6 Å². The normalized spacial score (nSPS) is 10.8. The number of benzene rings is 1. The lowest BCUT2D eigenvalue weighted by Gasteiger charge is -1.99. The van der Waals surface area contributed by atoms with Gasteiger partial charge in [-0.25, -0.2) is 4.98 Å². The Hall–Kier alpha value is -0.320. The Labute approximate surface area is 86.5 Å². The molecule has 0 unspecified atom stereocenters. The van der Waals surface area contributed by atoms with Gasteiger partial charge in [-0.05, 0) is 22.0 Å². The molecule has 0 bridgehead atoms. The molecule has 1 heterocycles. The molecule has 62 valence electrons. The second-order valence-electron chi connectivity index (χ2n) is 2.28. The number of nitrogen functional groups attached to an aromatic ring is 1. The van der Waals surface area contributed by atoms with Crippen molar-refractivity contribution < 1.29 is 0 Å². The lowest BCUT2D eigenvalue weighted by molar-refractivity contribution is 1.50. The molecule has 0 saturated heterocycles. The molecule has 2 aromatic rings. The van der Waals surface area contributed by atoms with Gasteiger partial charge >= 0.3 is 0 Å². The maximum Gasteiger partial charge on any atom is 0.102 e. The minimum atomic E-state index is 0.632. The second kappa shape index (κ2) is 2.87. The van der Waals surface area contributed by atoms with Crippen LogP contribution < -0.4 is 5.73 Å². The van der Waals surface area contributed by atoms with Crippen molar-refractivity contribution in [2.75, 3.05) is 5.73 Å². The second-order valence-corrected chi connectivity index (χ2v) is 4.40. The highest BCUT2D eigenvalue weighted by atomic mass is 79.9. The van der Waals surface area contributed by atoms with Gasteiger partial charge in [-0.2, -0.15) is 0 Å². The van der Waals surface area contributed by atoms with E-state index in [9.17, 15) is 0 Å². The first-order valence-corrected chi connectivity index (χ1v) is 5.22. The van der Waals surface area contributed by atoms with Crippen LogP contribution in [0.2, 0.25) is 5.02 Å². The molecule has 0 fully saturated rings. The Balaban J connectivity index is 2.97. The van der Waals surface area contributed by atoms with E-state index in [4.69, 9.17) is 17.3 Å². The molecule has 0 aliphatic carbocycles. The number of fused-ring (bicyclic) bond motifs is 1. The van der Waals surface area contributed by atoms with Crippen LogP contribution in [0, 0.1) is 0 Å². The first kappa shape index (κ1) is 8.29. The van der Waals surface area contributed by atoms with Crippen molar-refractivity contribution >= 4 is 54.8 Å². The Morgan fingerprint density at radius 1 is 1.58 bits per heavy atom. The van der Waals surface area contributed by atoms with E-state index >= 15 is 0 Å². The van der Waals surface area contributed by atoms with Crippen molar-refractivity contribution in [1.82, 2.24) is 4.98 Å². The van der Waals surface area contributed by atoms with Gasteiger partial charge in [0.2, 0.25) is 0 Å². The van der Waals surface area contributed by atoms with Crippen molar-refractivity contribution in [1.29, 1.82) is 0 Å². The number of rotatable bonds is 0. The third-order valence-electron chi connectivity index (χ3n) is 1.55. The summed E-state index contributed by atoms with van der Waals surface area (Å²) in [6, 6.07) is 1.76. The van der Waals surface area contributed by atoms with Crippen LogP contribution in [-0.4, -0.2) is 4.98 Å². The van der Waals surface area contributed by atoms with Crippen molar-refractivity contribution in [2.45, 2.75) is 0 Å². The van der Waals surface area contributed by atoms with E-state index in [2.05, 4.69) is 20.9 Å². The maximum atomic E-state index is 5.93. The molecule has 0 saturated carbocycles. The van der Waals surface area contributed by atoms with E-state index in [0.717, 1.165) is 14.7 Å². The zero-order valence-electron chi connectivity index (χ0n) is 5.84. The monoisotopic (exact) mass is 262 g/mol. The molecule has 0 spiro atoms. The lowest BCUT2D eigenvalue weighted by Crippen LogP contribution is -1.86. The molecule has 1 aromatic carbocycles. The fraction of sp³-hybridized carbons (Fsp3) is 0. The van der Waals surface area contributed by atoms with Gasteiger partial charge in [0.1, 0.15) is 5.52 Å². The Kier molecular flexibility index (Phi) is 1.98. The van der Waals surface area contributed by atoms with Crippen LogP contribution in [0.25, 0.3) is 10.2 Å². The number of halogens is 2. The summed E-state index contributed by atoms with van der Waals surface area (Å²) in [5, 5.41) is 0.632. The summed E-state index contributed by atoms with van der Waals surface area (Å²) in [5.41, 5.74) is 9.02. The molecule has 1 aromatic heterocycles. The maximum absolute atomic E-state index is 5.93. The average molecular weight is 264 g/mol. The third kappa shape index (κ3) is 1.11. The Morgan fingerprint density at radius 3 is 3.08 bits per heavy atom. The molecule has 2 N–H and O–H groups in total. The predicted molar refractivity (Wildman–Crippen MR) is 56.7 cm³/mol. The highest BCUT2D eigenvalue weighted by Gasteiger charge is 2.08. The van der Waals surface area contributed by atoms with E-state index in [1.54, 1.807) is 11.6 Å². The van der Waals surface area contributed by atoms with Gasteiger partial charge < -0.3 is 5.73 Å². The van der Waals surface area contributed by atoms with Crippen molar-refractivity contribution in [3.05, 3.63) is 21.1 Å². The number of nitrogens with zero attached hydrogens (tertiary/aromatic N) is 1. The molecule has 2 nitrogen and oxygen atoms in total. The van der Waals surface area contributed by atoms with Crippen LogP contribution >= 0.6 is 38.9 Å². The molecule has 0 aliphatic heterocycles. The molecular weight excluding hydrogens is 260 g/mol. The molecule has 0 atom stereocenters. The third-order valence-corrected chi connectivity index (χ3v) is 3.35. The lowest BCUT2D eigenvalue weighted by atomic mass is 10.3. The topological polar surface area (TPSA) is 38.9 Å². The summed E-state index contributed by atoms with van der Waals surface area (Å²) in [6.45, 7) is 0. The minimum Gasteiger partial charge on any atom is -0.397 e. The van der Waals surface area contributed by atoms with E-state index in [1.807, 2.05) is 0 Å². The highest BCUT2D eigenvalue weighted by molar-refractivity contribution is 9.10. The zero-order chi connectivity index (χ0) is 8.72. The molecular formula is C7H4BrClN2S. The van der Waals surface area contributed by atoms with Crippen LogP contribution in [0.5, 0.6) is 0 Å². The van der Waals surface area contributed by atoms with Gasteiger partial charge in [0.15, 0.2) is 0 Å². The SMILES string of the molecule is Nc1c(Br)cc(Cl)c2ncsc12. The number of anilines is 1. The van der Waals surface area contributed by atoms with Crippen LogP contribution in [-0.2, 0) is 0 Å². The number of hydrogen-bond donors (Lipinski definition) is 1. The molecule has 0 aliphatic rings. The van der Waals surface area contributed by atoms with Crippen LogP contribution in [0.1, 0.15) is 0 Å². The minimum absolute atomic E-state index is 0.632. The first-order chi connectivity index (χ1) is 5.70. The number of thiazole rings is 1. The van der Waals surface area contributed by atoms with Crippen molar-refractivity contribution in [2.24, 2.45) is 0 Å². The van der Waals surface area contributed by atoms with Gasteiger partial charge in [0.05, 0.1) is 20.9 Å². The summed E-state index contributed by atoms with van der Waals surface area (Å²) in [6.07, 6.45) is 0. The van der Waals surface area contributed by atoms with Gasteiger partial charge in [0.25, 0.3) is 0 Å². The first-order valence-electron chi connectivity index (χ1n) is 3.17. The smallest absolute Gasteiger partial charge is 0.102 e. The van der Waals surface area contributed by atoms with Gasteiger partial charge in [0, 0.05) is 4.47 Å². The number of hydrogen-bond acceptors (Lipinski definition) is 3. The predicted octanol–water partition coefficient (Wildman–Crippen LogP) is 3.29. The Morgan fingerprint density at radius 2 is 2.33 bits per heavy atom. The standard InChI is InChI=1S/C7H4BrClN2S/c8-3-1-4(9)6-7(5(3)10)12-2-11-6/h1-2H,10H2. The van der Waals surface area contributed by atoms with E-state index in [0.29, 0.717) is 10.7 Å². The largest absolute Gasteiger partial charge is 0.397 e. The molecule has 0 amide bonds. The zero-order valence-corrected chi connectivity index (χ0v) is 9.00. The summed E-state index contributed by atoms with van der Waals surface area (Å²) in [7, 11) is 0. The summed E-state index contributed by atoms with van der Waals surface area (Å²) < 4.78 is 1.76. The van der Waals surface area contributed by atoms with Crippen LogP contribution in [0.3, 0.4) is 0 Å². The van der Waals surface area contributed by atoms with E-state index < -0.39 is 0 Å². The average Bonchev–Trinajstić information content (AvgIpc) is 2.48. The van der Waals surface area contributed by atoms with Crippen molar-refractivity contribution in [3.63, 3.8) is 0 Å². The highest BCUT2D eigenvalue weighted by Crippen LogP contribution is 2.35. The van der Waals surface area contributed by atoms with E-state index in [1.165, 1.54) is 11.3 Å². The van der Waals surface area contributed by atoms with Crippen molar-refractivity contribution in [3.8, 4) is 0 Å².